The Kier molecular flexibility index (Phi) is 6.86. The number of fused-ring (bicyclic) bond motifs is 4. The smallest absolute Gasteiger partial charge is 0.234 e. The first-order valence-electron chi connectivity index (χ1n) is 14.2. The van der Waals surface area contributed by atoms with Gasteiger partial charge in [-0.3, -0.25) is 29.0 Å². The molecule has 6 unspecified atom stereocenters. The number of allylic oxidation sites excluding steroid dienone is 3. The Morgan fingerprint density at radius 2 is 1.29 bits per heavy atom. The first-order chi connectivity index (χ1) is 19.1. The first kappa shape index (κ1) is 28.9. The van der Waals surface area contributed by atoms with Gasteiger partial charge in [-0.05, 0) is 78.0 Å². The third kappa shape index (κ3) is 4.44. The molecule has 0 aromatic heterocycles. The van der Waals surface area contributed by atoms with E-state index in [1.54, 1.807) is 12.1 Å². The molecule has 3 fully saturated rings. The van der Waals surface area contributed by atoms with Crippen LogP contribution in [0.1, 0.15) is 59.9 Å². The minimum atomic E-state index is -0.693. The zero-order valence-corrected chi connectivity index (χ0v) is 25.1. The molecule has 9 heteroatoms. The summed E-state index contributed by atoms with van der Waals surface area (Å²) in [4.78, 5) is 57.7. The lowest BCUT2D eigenvalue weighted by atomic mass is 9.58. The van der Waals surface area contributed by atoms with Crippen molar-refractivity contribution in [3.05, 3.63) is 35.4 Å². The zero-order valence-electron chi connectivity index (χ0n) is 25.1. The maximum absolute atomic E-state index is 13.9. The Morgan fingerprint density at radius 1 is 0.780 bits per heavy atom. The number of nitrogens with zero attached hydrogens (tertiary/aromatic N) is 2. The molecule has 0 radical (unpaired) electrons. The number of likely N-dealkylation sites (tertiary alicyclic amines) is 2. The van der Waals surface area contributed by atoms with E-state index in [-0.39, 0.29) is 46.8 Å². The monoisotopic (exact) mass is 564 g/mol. The maximum Gasteiger partial charge on any atom is 0.234 e. The van der Waals surface area contributed by atoms with Crippen molar-refractivity contribution in [3.8, 4) is 17.2 Å². The summed E-state index contributed by atoms with van der Waals surface area (Å²) in [6, 6.07) is 3.34. The fourth-order valence-electron chi connectivity index (χ4n) is 7.40. The summed E-state index contributed by atoms with van der Waals surface area (Å²) in [6.45, 7) is 11.1. The molecule has 1 saturated carbocycles. The van der Waals surface area contributed by atoms with Crippen LogP contribution in [-0.2, 0) is 19.2 Å². The van der Waals surface area contributed by atoms with Crippen molar-refractivity contribution in [2.45, 2.75) is 65.5 Å². The Hall–Kier alpha value is -3.62. The number of benzene rings is 1. The molecule has 4 aliphatic rings. The maximum atomic E-state index is 13.9. The minimum Gasteiger partial charge on any atom is -0.502 e. The number of carbonyl (C=O) groups excluding carboxylic acids is 4. The number of phenolic OH excluding ortho intramolecular Hbond substituents is 1. The molecule has 1 aromatic carbocycles. The number of ether oxygens (including phenoxy) is 2. The van der Waals surface area contributed by atoms with Crippen molar-refractivity contribution in [2.75, 3.05) is 14.2 Å². The number of methoxy groups -OCH3 is 2. The van der Waals surface area contributed by atoms with Crippen LogP contribution in [0.5, 0.6) is 17.2 Å². The van der Waals surface area contributed by atoms with Gasteiger partial charge in [-0.25, -0.2) is 0 Å². The Labute approximate surface area is 241 Å². The minimum absolute atomic E-state index is 0.115. The molecule has 2 aliphatic carbocycles. The Balaban J connectivity index is 1.61. The number of imide groups is 2. The summed E-state index contributed by atoms with van der Waals surface area (Å²) in [6.07, 6.45) is 6.56. The fourth-order valence-corrected chi connectivity index (χ4v) is 7.40. The number of carbonyl (C=O) groups is 4. The highest BCUT2D eigenvalue weighted by atomic mass is 16.5. The second kappa shape index (κ2) is 9.74. The fraction of sp³-hybridized carbons (Fsp3) is 0.562. The highest BCUT2D eigenvalue weighted by Gasteiger charge is 2.63. The van der Waals surface area contributed by atoms with Gasteiger partial charge in [-0.15, -0.1) is 0 Å². The topological polar surface area (TPSA) is 113 Å². The average molecular weight is 565 g/mol. The first-order valence-corrected chi connectivity index (χ1v) is 14.2. The van der Waals surface area contributed by atoms with Gasteiger partial charge in [0.2, 0.25) is 29.4 Å². The second-order valence-electron chi connectivity index (χ2n) is 13.6. The van der Waals surface area contributed by atoms with E-state index in [4.69, 9.17) is 9.47 Å². The molecule has 0 bridgehead atoms. The van der Waals surface area contributed by atoms with E-state index in [2.05, 4.69) is 0 Å². The molecule has 2 heterocycles. The molecule has 1 aromatic rings. The standard InChI is InChI=1S/C32H40N2O7/c1-31(2,3)33-27(36)19-12-11-17-18(10-9-16-13-22(40-7)26(35)23(14-16)41-8)24-21(15-20(17)25(19)30(33)39)28(37)34(29(24)38)32(4,5)6/h9-11,13-14,18-21,24-25,35H,12,15H2,1-8H3. The van der Waals surface area contributed by atoms with Crippen molar-refractivity contribution in [1.29, 1.82) is 0 Å². The lowest BCUT2D eigenvalue weighted by molar-refractivity contribution is -0.147. The van der Waals surface area contributed by atoms with Gasteiger partial charge in [0.05, 0.1) is 37.9 Å². The number of aromatic hydroxyl groups is 1. The molecule has 1 N–H and O–H groups in total. The van der Waals surface area contributed by atoms with Crippen molar-refractivity contribution in [3.63, 3.8) is 0 Å². The number of hydrogen-bond donors (Lipinski definition) is 1. The molecular formula is C32H40N2O7. The third-order valence-electron chi connectivity index (χ3n) is 9.04. The average Bonchev–Trinajstić information content (AvgIpc) is 3.30. The molecule has 4 amide bonds. The SMILES string of the molecule is COc1cc(C=CC2C3=CCC4C(=O)N(C(C)(C)C)C(=O)C4C3CC3C(=O)N(C(C)(C)C)C(=O)C23)cc(OC)c1O. The van der Waals surface area contributed by atoms with Gasteiger partial charge in [0.1, 0.15) is 0 Å². The number of rotatable bonds is 4. The summed E-state index contributed by atoms with van der Waals surface area (Å²) in [5.74, 6) is -3.40. The molecule has 2 saturated heterocycles. The van der Waals surface area contributed by atoms with E-state index in [0.29, 0.717) is 18.4 Å². The number of phenols is 1. The van der Waals surface area contributed by atoms with Crippen LogP contribution in [0.2, 0.25) is 0 Å². The summed E-state index contributed by atoms with van der Waals surface area (Å²) < 4.78 is 10.6. The van der Waals surface area contributed by atoms with E-state index in [1.165, 1.54) is 24.0 Å². The van der Waals surface area contributed by atoms with E-state index in [9.17, 15) is 24.3 Å². The summed E-state index contributed by atoms with van der Waals surface area (Å²) in [5.41, 5.74) is 0.276. The predicted octanol–water partition coefficient (Wildman–Crippen LogP) is 4.19. The molecule has 2 aliphatic heterocycles. The van der Waals surface area contributed by atoms with E-state index in [1.807, 2.05) is 59.8 Å². The van der Waals surface area contributed by atoms with E-state index < -0.39 is 40.7 Å². The molecule has 5 rings (SSSR count). The van der Waals surface area contributed by atoms with Gasteiger partial charge in [0.25, 0.3) is 0 Å². The summed E-state index contributed by atoms with van der Waals surface area (Å²) in [7, 11) is 2.90. The quantitative estimate of drug-likeness (QED) is 0.431. The molecule has 41 heavy (non-hydrogen) atoms. The van der Waals surface area contributed by atoms with Gasteiger partial charge in [0, 0.05) is 17.0 Å². The lowest BCUT2D eigenvalue weighted by Gasteiger charge is -2.43. The Bertz CT molecular complexity index is 1350. The van der Waals surface area contributed by atoms with Crippen molar-refractivity contribution in [2.24, 2.45) is 35.5 Å². The largest absolute Gasteiger partial charge is 0.502 e. The highest BCUT2D eigenvalue weighted by molar-refractivity contribution is 6.08. The van der Waals surface area contributed by atoms with Crippen molar-refractivity contribution in [1.82, 2.24) is 9.80 Å². The normalized spacial score (nSPS) is 30.0. The zero-order chi connectivity index (χ0) is 30.2. The number of hydrogen-bond acceptors (Lipinski definition) is 7. The molecular weight excluding hydrogens is 524 g/mol. The second-order valence-corrected chi connectivity index (χ2v) is 13.6. The van der Waals surface area contributed by atoms with Crippen LogP contribution in [0.15, 0.2) is 29.9 Å². The van der Waals surface area contributed by atoms with E-state index >= 15 is 0 Å². The third-order valence-corrected chi connectivity index (χ3v) is 9.04. The summed E-state index contributed by atoms with van der Waals surface area (Å²) >= 11 is 0. The highest BCUT2D eigenvalue weighted by Crippen LogP contribution is 2.56. The molecule has 0 spiro atoms. The van der Waals surface area contributed by atoms with Gasteiger partial charge < -0.3 is 14.6 Å². The summed E-state index contributed by atoms with van der Waals surface area (Å²) in [5, 5.41) is 10.4. The van der Waals surface area contributed by atoms with Crippen LogP contribution in [0, 0.1) is 35.5 Å². The van der Waals surface area contributed by atoms with Crippen LogP contribution < -0.4 is 9.47 Å². The van der Waals surface area contributed by atoms with Crippen LogP contribution in [0.3, 0.4) is 0 Å². The van der Waals surface area contributed by atoms with Gasteiger partial charge in [-0.2, -0.15) is 0 Å². The predicted molar refractivity (Wildman–Crippen MR) is 152 cm³/mol. The lowest BCUT2D eigenvalue weighted by Crippen LogP contribution is -2.47. The van der Waals surface area contributed by atoms with Crippen LogP contribution >= 0.6 is 0 Å². The van der Waals surface area contributed by atoms with Crippen LogP contribution in [-0.4, -0.2) is 63.8 Å². The number of amides is 4. The molecule has 6 atom stereocenters. The van der Waals surface area contributed by atoms with Gasteiger partial charge in [-0.1, -0.05) is 23.8 Å². The van der Waals surface area contributed by atoms with Gasteiger partial charge >= 0.3 is 0 Å². The van der Waals surface area contributed by atoms with Crippen molar-refractivity contribution < 1.29 is 33.8 Å². The van der Waals surface area contributed by atoms with E-state index in [0.717, 1.165) is 5.57 Å². The molecule has 9 nitrogen and oxygen atoms in total. The van der Waals surface area contributed by atoms with Gasteiger partial charge in [0.15, 0.2) is 11.5 Å². The van der Waals surface area contributed by atoms with Crippen molar-refractivity contribution >= 4 is 29.7 Å². The van der Waals surface area contributed by atoms with Crippen LogP contribution in [0.25, 0.3) is 6.08 Å². The van der Waals surface area contributed by atoms with Crippen LogP contribution in [0.4, 0.5) is 0 Å². The molecule has 220 valence electrons. The Morgan fingerprint density at radius 3 is 1.80 bits per heavy atom.